The predicted molar refractivity (Wildman–Crippen MR) is 58.6 cm³/mol. The number of Topliss-reactive ketones (excluding diaryl/α,β-unsaturated/α-hetero) is 1. The van der Waals surface area contributed by atoms with Gasteiger partial charge in [-0.05, 0) is 0 Å². The van der Waals surface area contributed by atoms with Crippen LogP contribution >= 0.6 is 0 Å². The van der Waals surface area contributed by atoms with Crippen molar-refractivity contribution in [2.45, 2.75) is 33.6 Å². The zero-order valence-electron chi connectivity index (χ0n) is 10.2. The molecule has 0 radical (unpaired) electrons. The van der Waals surface area contributed by atoms with E-state index in [0.29, 0.717) is 0 Å². The Balaban J connectivity index is 4.06. The number of aliphatic hydroxyl groups is 1. The van der Waals surface area contributed by atoms with Crippen LogP contribution < -0.4 is 0 Å². The summed E-state index contributed by atoms with van der Waals surface area (Å²) in [7, 11) is 0. The first-order valence-electron chi connectivity index (χ1n) is 5.42. The van der Waals surface area contributed by atoms with Crippen molar-refractivity contribution in [3.05, 3.63) is 0 Å². The monoisotopic (exact) mass is 237 g/mol. The largest absolute Gasteiger partial charge is 0.395 e. The molecule has 0 aliphatic heterocycles. The lowest BCUT2D eigenvalue weighted by atomic mass is 9.89. The molecule has 0 bridgehead atoms. The van der Waals surface area contributed by atoms with Gasteiger partial charge in [-0.15, -0.1) is 0 Å². The molecule has 0 atom stereocenters. The van der Waals surface area contributed by atoms with Crippen molar-refractivity contribution >= 4 is 5.78 Å². The van der Waals surface area contributed by atoms with E-state index in [1.807, 2.05) is 0 Å². The first-order valence-corrected chi connectivity index (χ1v) is 5.42. The second-order valence-electron chi connectivity index (χ2n) is 4.84. The summed E-state index contributed by atoms with van der Waals surface area (Å²) in [6.07, 6.45) is -2.19. The molecule has 0 spiro atoms. The van der Waals surface area contributed by atoms with Gasteiger partial charge in [-0.2, -0.15) is 0 Å². The summed E-state index contributed by atoms with van der Waals surface area (Å²) < 4.78 is 24.3. The smallest absolute Gasteiger partial charge is 0.251 e. The fraction of sp³-hybridized carbons (Fsp3) is 0.909. The Morgan fingerprint density at radius 2 is 1.88 bits per heavy atom. The molecule has 0 aromatic carbocycles. The lowest BCUT2D eigenvalue weighted by Crippen LogP contribution is -2.35. The highest BCUT2D eigenvalue weighted by Gasteiger charge is 2.22. The molecule has 0 aromatic heterocycles. The van der Waals surface area contributed by atoms with E-state index < -0.39 is 18.4 Å². The van der Waals surface area contributed by atoms with E-state index in [1.54, 1.807) is 20.8 Å². The summed E-state index contributed by atoms with van der Waals surface area (Å²) >= 11 is 0. The van der Waals surface area contributed by atoms with Crippen LogP contribution in [0.1, 0.15) is 27.2 Å². The van der Waals surface area contributed by atoms with Crippen LogP contribution in [-0.2, 0) is 4.79 Å². The van der Waals surface area contributed by atoms with Crippen LogP contribution in [0, 0.1) is 5.41 Å². The Hall–Kier alpha value is -0.550. The topological polar surface area (TPSA) is 40.5 Å². The van der Waals surface area contributed by atoms with Gasteiger partial charge in [0.2, 0.25) is 0 Å². The van der Waals surface area contributed by atoms with Crippen LogP contribution in [0.25, 0.3) is 0 Å². The Kier molecular flexibility index (Phi) is 6.67. The minimum atomic E-state index is -2.43. The quantitative estimate of drug-likeness (QED) is 0.730. The number of aliphatic hydroxyl groups excluding tert-OH is 1. The number of rotatable bonds is 7. The summed E-state index contributed by atoms with van der Waals surface area (Å²) in [4.78, 5) is 13.0. The third-order valence-electron chi connectivity index (χ3n) is 2.30. The molecule has 0 aromatic rings. The summed E-state index contributed by atoms with van der Waals surface area (Å²) in [5.74, 6) is 0.0460. The second-order valence-corrected chi connectivity index (χ2v) is 4.84. The maximum absolute atomic E-state index is 12.2. The molecule has 5 heteroatoms. The third kappa shape index (κ3) is 6.85. The summed E-state index contributed by atoms with van der Waals surface area (Å²) in [6.45, 7) is 5.31. The highest BCUT2D eigenvalue weighted by molar-refractivity contribution is 5.83. The van der Waals surface area contributed by atoms with Crippen molar-refractivity contribution in [1.29, 1.82) is 0 Å². The minimum absolute atomic E-state index is 0.0460. The molecular formula is C11H21F2NO2. The Morgan fingerprint density at radius 1 is 1.31 bits per heavy atom. The molecule has 0 rings (SSSR count). The molecule has 0 fully saturated rings. The van der Waals surface area contributed by atoms with Crippen LogP contribution in [0.4, 0.5) is 8.78 Å². The highest BCUT2D eigenvalue weighted by Crippen LogP contribution is 2.16. The van der Waals surface area contributed by atoms with Gasteiger partial charge in [-0.1, -0.05) is 20.8 Å². The fourth-order valence-corrected chi connectivity index (χ4v) is 1.27. The number of hydrogen-bond acceptors (Lipinski definition) is 3. The standard InChI is InChI=1S/C11H21F2NO2/c1-11(2,3)9(16)4-5-14(6-7-15)8-10(12)13/h10,15H,4-8H2,1-3H3. The van der Waals surface area contributed by atoms with E-state index in [4.69, 9.17) is 5.11 Å². The normalized spacial score (nSPS) is 12.5. The van der Waals surface area contributed by atoms with Crippen molar-refractivity contribution in [2.24, 2.45) is 5.41 Å². The number of alkyl halides is 2. The number of carbonyl (C=O) groups is 1. The van der Waals surface area contributed by atoms with Crippen LogP contribution in [0.3, 0.4) is 0 Å². The van der Waals surface area contributed by atoms with Crippen molar-refractivity contribution in [3.63, 3.8) is 0 Å². The summed E-state index contributed by atoms with van der Waals surface area (Å²) in [6, 6.07) is 0. The third-order valence-corrected chi connectivity index (χ3v) is 2.30. The van der Waals surface area contributed by atoms with E-state index in [9.17, 15) is 13.6 Å². The zero-order chi connectivity index (χ0) is 12.8. The van der Waals surface area contributed by atoms with Gasteiger partial charge in [0.15, 0.2) is 0 Å². The Morgan fingerprint density at radius 3 is 2.25 bits per heavy atom. The second kappa shape index (κ2) is 6.91. The van der Waals surface area contributed by atoms with Crippen molar-refractivity contribution in [2.75, 3.05) is 26.2 Å². The summed E-state index contributed by atoms with van der Waals surface area (Å²) in [5, 5.41) is 8.70. The lowest BCUT2D eigenvalue weighted by Gasteiger charge is -2.23. The molecule has 0 heterocycles. The Labute approximate surface area is 95.4 Å². The molecule has 0 aliphatic rings. The number of halogens is 2. The average molecular weight is 237 g/mol. The van der Waals surface area contributed by atoms with Crippen molar-refractivity contribution in [3.8, 4) is 0 Å². The SMILES string of the molecule is CC(C)(C)C(=O)CCN(CCO)CC(F)F. The molecule has 96 valence electrons. The maximum atomic E-state index is 12.2. The van der Waals surface area contributed by atoms with Crippen LogP contribution in [-0.4, -0.2) is 48.5 Å². The van der Waals surface area contributed by atoms with E-state index in [2.05, 4.69) is 0 Å². The molecule has 1 N–H and O–H groups in total. The minimum Gasteiger partial charge on any atom is -0.395 e. The number of hydrogen-bond donors (Lipinski definition) is 1. The molecule has 0 amide bonds. The highest BCUT2D eigenvalue weighted by atomic mass is 19.3. The molecule has 0 saturated heterocycles. The average Bonchev–Trinajstić information content (AvgIpc) is 2.11. The fourth-order valence-electron chi connectivity index (χ4n) is 1.27. The maximum Gasteiger partial charge on any atom is 0.251 e. The number of ketones is 1. The first-order chi connectivity index (χ1) is 7.27. The van der Waals surface area contributed by atoms with Crippen molar-refractivity contribution < 1.29 is 18.7 Å². The van der Waals surface area contributed by atoms with Gasteiger partial charge in [-0.3, -0.25) is 9.69 Å². The Bertz CT molecular complexity index is 215. The van der Waals surface area contributed by atoms with Gasteiger partial charge in [0.05, 0.1) is 13.2 Å². The zero-order valence-corrected chi connectivity index (χ0v) is 10.2. The van der Waals surface area contributed by atoms with Gasteiger partial charge in [-0.25, -0.2) is 8.78 Å². The molecule has 3 nitrogen and oxygen atoms in total. The van der Waals surface area contributed by atoms with Crippen LogP contribution in [0.5, 0.6) is 0 Å². The van der Waals surface area contributed by atoms with Gasteiger partial charge >= 0.3 is 0 Å². The van der Waals surface area contributed by atoms with Gasteiger partial charge in [0.25, 0.3) is 6.43 Å². The van der Waals surface area contributed by atoms with E-state index in [-0.39, 0.29) is 31.9 Å². The van der Waals surface area contributed by atoms with Crippen LogP contribution in [0.15, 0.2) is 0 Å². The van der Waals surface area contributed by atoms with Crippen molar-refractivity contribution in [1.82, 2.24) is 4.90 Å². The van der Waals surface area contributed by atoms with E-state index >= 15 is 0 Å². The molecular weight excluding hydrogens is 216 g/mol. The van der Waals surface area contributed by atoms with Gasteiger partial charge < -0.3 is 5.11 Å². The summed E-state index contributed by atoms with van der Waals surface area (Å²) in [5.41, 5.74) is -0.435. The number of carbonyl (C=O) groups excluding carboxylic acids is 1. The van der Waals surface area contributed by atoms with E-state index in [1.165, 1.54) is 4.90 Å². The van der Waals surface area contributed by atoms with Gasteiger partial charge in [0, 0.05) is 24.9 Å². The molecule has 0 aliphatic carbocycles. The van der Waals surface area contributed by atoms with Gasteiger partial charge in [0.1, 0.15) is 5.78 Å². The lowest BCUT2D eigenvalue weighted by molar-refractivity contribution is -0.126. The molecule has 16 heavy (non-hydrogen) atoms. The first kappa shape index (κ1) is 15.4. The number of nitrogens with zero attached hydrogens (tertiary/aromatic N) is 1. The molecule has 0 saturated carbocycles. The predicted octanol–water partition coefficient (Wildman–Crippen LogP) is 1.55. The van der Waals surface area contributed by atoms with E-state index in [0.717, 1.165) is 0 Å². The molecule has 0 unspecified atom stereocenters. The van der Waals surface area contributed by atoms with Crippen LogP contribution in [0.2, 0.25) is 0 Å².